The number of carbonyl (C=O) groups excluding carboxylic acids is 1. The van der Waals surface area contributed by atoms with Gasteiger partial charge in [-0.25, -0.2) is 0 Å². The van der Waals surface area contributed by atoms with E-state index in [1.807, 2.05) is 18.2 Å². The molecule has 1 unspecified atom stereocenters. The highest BCUT2D eigenvalue weighted by Crippen LogP contribution is 2.33. The van der Waals surface area contributed by atoms with E-state index in [1.165, 1.54) is 0 Å². The van der Waals surface area contributed by atoms with Crippen molar-refractivity contribution in [2.45, 2.75) is 20.0 Å². The van der Waals surface area contributed by atoms with Crippen LogP contribution in [-0.4, -0.2) is 25.7 Å². The lowest BCUT2D eigenvalue weighted by Crippen LogP contribution is -2.22. The molecule has 0 saturated carbocycles. The lowest BCUT2D eigenvalue weighted by atomic mass is 10.1. The van der Waals surface area contributed by atoms with Crippen molar-refractivity contribution in [1.82, 2.24) is 0 Å². The van der Waals surface area contributed by atoms with E-state index in [4.69, 9.17) is 19.9 Å². The van der Waals surface area contributed by atoms with Crippen LogP contribution in [0.1, 0.15) is 25.5 Å². The second-order valence-electron chi connectivity index (χ2n) is 4.72. The van der Waals surface area contributed by atoms with Crippen LogP contribution in [0.3, 0.4) is 0 Å². The first-order valence-electron chi connectivity index (χ1n) is 6.42. The molecule has 0 radical (unpaired) electrons. The monoisotopic (exact) mass is 265 g/mol. The van der Waals surface area contributed by atoms with Gasteiger partial charge in [0, 0.05) is 6.54 Å². The second kappa shape index (κ2) is 5.93. The fourth-order valence-corrected chi connectivity index (χ4v) is 1.79. The fourth-order valence-electron chi connectivity index (χ4n) is 1.79. The Bertz CT molecular complexity index is 459. The van der Waals surface area contributed by atoms with E-state index in [9.17, 15) is 4.79 Å². The third-order valence-corrected chi connectivity index (χ3v) is 2.88. The van der Waals surface area contributed by atoms with Gasteiger partial charge in [-0.05, 0) is 17.7 Å². The molecule has 2 rings (SSSR count). The third kappa shape index (κ3) is 3.17. The molecule has 1 aromatic carbocycles. The first-order valence-corrected chi connectivity index (χ1v) is 6.42. The number of hydrogen-bond acceptors (Lipinski definition) is 5. The molecular formula is C14H19NO4. The number of rotatable bonds is 4. The number of hydrogen-bond donors (Lipinski definition) is 1. The van der Waals surface area contributed by atoms with Crippen molar-refractivity contribution in [1.29, 1.82) is 0 Å². The van der Waals surface area contributed by atoms with E-state index in [2.05, 4.69) is 0 Å². The van der Waals surface area contributed by atoms with Gasteiger partial charge in [-0.3, -0.25) is 4.79 Å². The molecule has 1 aliphatic heterocycles. The van der Waals surface area contributed by atoms with Crippen molar-refractivity contribution in [3.63, 3.8) is 0 Å². The molecule has 5 nitrogen and oxygen atoms in total. The van der Waals surface area contributed by atoms with Crippen LogP contribution in [-0.2, 0) is 9.53 Å². The molecule has 1 heterocycles. The summed E-state index contributed by atoms with van der Waals surface area (Å²) in [5.41, 5.74) is 6.50. The van der Waals surface area contributed by atoms with Gasteiger partial charge in [-0.2, -0.15) is 0 Å². The summed E-state index contributed by atoms with van der Waals surface area (Å²) < 4.78 is 16.3. The molecule has 104 valence electrons. The summed E-state index contributed by atoms with van der Waals surface area (Å²) in [5.74, 6) is 0.945. The van der Waals surface area contributed by atoms with Gasteiger partial charge in [0.25, 0.3) is 0 Å². The van der Waals surface area contributed by atoms with Crippen LogP contribution in [0, 0.1) is 5.92 Å². The van der Waals surface area contributed by atoms with Crippen LogP contribution in [0.5, 0.6) is 11.5 Å². The number of benzene rings is 1. The highest BCUT2D eigenvalue weighted by molar-refractivity contribution is 5.71. The Morgan fingerprint density at radius 3 is 2.63 bits per heavy atom. The maximum absolute atomic E-state index is 11.6. The van der Waals surface area contributed by atoms with E-state index in [0.29, 0.717) is 24.7 Å². The van der Waals surface area contributed by atoms with Crippen LogP contribution in [0.25, 0.3) is 0 Å². The largest absolute Gasteiger partial charge is 0.486 e. The van der Waals surface area contributed by atoms with Crippen LogP contribution in [0.15, 0.2) is 18.2 Å². The maximum Gasteiger partial charge on any atom is 0.309 e. The van der Waals surface area contributed by atoms with Crippen molar-refractivity contribution in [3.05, 3.63) is 23.8 Å². The van der Waals surface area contributed by atoms with E-state index in [0.717, 1.165) is 5.56 Å². The van der Waals surface area contributed by atoms with Gasteiger partial charge in [0.2, 0.25) is 0 Å². The predicted octanol–water partition coefficient (Wildman–Crippen LogP) is 1.66. The SMILES string of the molecule is CC(C)C(=O)OC(CN)c1ccc2c(c1)OCCO2. The average Bonchev–Trinajstić information content (AvgIpc) is 2.43. The number of ether oxygens (including phenoxy) is 3. The van der Waals surface area contributed by atoms with Gasteiger partial charge in [-0.15, -0.1) is 0 Å². The van der Waals surface area contributed by atoms with Crippen molar-refractivity contribution < 1.29 is 19.0 Å². The Morgan fingerprint density at radius 1 is 1.32 bits per heavy atom. The molecular weight excluding hydrogens is 246 g/mol. The smallest absolute Gasteiger partial charge is 0.309 e. The van der Waals surface area contributed by atoms with E-state index >= 15 is 0 Å². The Morgan fingerprint density at radius 2 is 2.00 bits per heavy atom. The minimum Gasteiger partial charge on any atom is -0.486 e. The van der Waals surface area contributed by atoms with Crippen LogP contribution in [0.4, 0.5) is 0 Å². The van der Waals surface area contributed by atoms with Crippen molar-refractivity contribution in [3.8, 4) is 11.5 Å². The van der Waals surface area contributed by atoms with Crippen molar-refractivity contribution in [2.24, 2.45) is 11.7 Å². The van der Waals surface area contributed by atoms with Gasteiger partial charge in [-0.1, -0.05) is 19.9 Å². The molecule has 0 amide bonds. The number of carbonyl (C=O) groups is 1. The first-order chi connectivity index (χ1) is 9.11. The Labute approximate surface area is 112 Å². The summed E-state index contributed by atoms with van der Waals surface area (Å²) in [6.45, 7) is 4.89. The Hall–Kier alpha value is -1.75. The minimum atomic E-state index is -0.453. The van der Waals surface area contributed by atoms with Gasteiger partial charge in [0.15, 0.2) is 11.5 Å². The number of nitrogens with two attached hydrogens (primary N) is 1. The molecule has 1 atom stereocenters. The summed E-state index contributed by atoms with van der Waals surface area (Å²) in [6, 6.07) is 5.48. The van der Waals surface area contributed by atoms with Crippen LogP contribution in [0.2, 0.25) is 0 Å². The highest BCUT2D eigenvalue weighted by Gasteiger charge is 2.20. The zero-order valence-electron chi connectivity index (χ0n) is 11.2. The summed E-state index contributed by atoms with van der Waals surface area (Å²) in [6.07, 6.45) is -0.453. The van der Waals surface area contributed by atoms with Gasteiger partial charge >= 0.3 is 5.97 Å². The number of fused-ring (bicyclic) bond motifs is 1. The molecule has 0 spiro atoms. The summed E-state index contributed by atoms with van der Waals surface area (Å²) in [5, 5.41) is 0. The van der Waals surface area contributed by atoms with Crippen LogP contribution >= 0.6 is 0 Å². The first kappa shape index (κ1) is 13.7. The molecule has 1 aromatic rings. The molecule has 19 heavy (non-hydrogen) atoms. The molecule has 2 N–H and O–H groups in total. The van der Waals surface area contributed by atoms with E-state index in [-0.39, 0.29) is 18.4 Å². The molecule has 0 bridgehead atoms. The third-order valence-electron chi connectivity index (χ3n) is 2.88. The molecule has 0 aliphatic carbocycles. The van der Waals surface area contributed by atoms with Crippen LogP contribution < -0.4 is 15.2 Å². The van der Waals surface area contributed by atoms with Gasteiger partial charge < -0.3 is 19.9 Å². The normalized spacial score (nSPS) is 15.2. The lowest BCUT2D eigenvalue weighted by molar-refractivity contribution is -0.152. The molecule has 1 aliphatic rings. The van der Waals surface area contributed by atoms with E-state index < -0.39 is 6.10 Å². The molecule has 5 heteroatoms. The molecule has 0 aromatic heterocycles. The van der Waals surface area contributed by atoms with Crippen molar-refractivity contribution >= 4 is 5.97 Å². The zero-order valence-corrected chi connectivity index (χ0v) is 11.2. The summed E-state index contributed by atoms with van der Waals surface area (Å²) in [7, 11) is 0. The van der Waals surface area contributed by atoms with Gasteiger partial charge in [0.05, 0.1) is 5.92 Å². The molecule has 0 saturated heterocycles. The topological polar surface area (TPSA) is 70.8 Å². The maximum atomic E-state index is 11.6. The standard InChI is InChI=1S/C14H19NO4/c1-9(2)14(16)19-13(8-15)10-3-4-11-12(7-10)18-6-5-17-11/h3-4,7,9,13H,5-6,8,15H2,1-2H3. The summed E-state index contributed by atoms with van der Waals surface area (Å²) >= 11 is 0. The zero-order chi connectivity index (χ0) is 13.8. The predicted molar refractivity (Wildman–Crippen MR) is 70.2 cm³/mol. The van der Waals surface area contributed by atoms with E-state index in [1.54, 1.807) is 13.8 Å². The average molecular weight is 265 g/mol. The quantitative estimate of drug-likeness (QED) is 0.838. The Balaban J connectivity index is 2.16. The molecule has 0 fully saturated rings. The fraction of sp³-hybridized carbons (Fsp3) is 0.500. The summed E-state index contributed by atoms with van der Waals surface area (Å²) in [4.78, 5) is 11.6. The lowest BCUT2D eigenvalue weighted by Gasteiger charge is -2.22. The highest BCUT2D eigenvalue weighted by atomic mass is 16.6. The van der Waals surface area contributed by atoms with Gasteiger partial charge in [0.1, 0.15) is 19.3 Å². The minimum absolute atomic E-state index is 0.175. The Kier molecular flexibility index (Phi) is 4.27. The second-order valence-corrected chi connectivity index (χ2v) is 4.72. The number of esters is 1. The van der Waals surface area contributed by atoms with Crippen molar-refractivity contribution in [2.75, 3.05) is 19.8 Å².